The summed E-state index contributed by atoms with van der Waals surface area (Å²) >= 11 is 0. The van der Waals surface area contributed by atoms with Gasteiger partial charge in [0.05, 0.1) is 0 Å². The van der Waals surface area contributed by atoms with Crippen LogP contribution < -0.4 is 10.5 Å². The molecule has 5 nitrogen and oxygen atoms in total. The Morgan fingerprint density at radius 3 is 2.82 bits per heavy atom. The summed E-state index contributed by atoms with van der Waals surface area (Å²) < 4.78 is 33.8. The molecule has 1 aliphatic heterocycles. The van der Waals surface area contributed by atoms with Crippen molar-refractivity contribution in [3.05, 3.63) is 64.9 Å². The molecule has 3 N–H and O–H groups in total. The maximum absolute atomic E-state index is 14.3. The number of hydrogen-bond donors (Lipinski definition) is 2. The van der Waals surface area contributed by atoms with Gasteiger partial charge in [0.1, 0.15) is 12.4 Å². The van der Waals surface area contributed by atoms with Crippen LogP contribution in [-0.4, -0.2) is 41.0 Å². The average Bonchev–Trinajstić information content (AvgIpc) is 3.17. The van der Waals surface area contributed by atoms with Gasteiger partial charge in [-0.25, -0.2) is 8.78 Å². The fourth-order valence-corrected chi connectivity index (χ4v) is 4.78. The molecule has 1 aliphatic rings. The van der Waals surface area contributed by atoms with Crippen LogP contribution in [0.15, 0.2) is 36.5 Å². The average molecular weight is 478 g/mol. The minimum absolute atomic E-state index is 0. The predicted molar refractivity (Wildman–Crippen MR) is 128 cm³/mol. The maximum atomic E-state index is 14.3. The number of H-pyrrole nitrogens is 1. The van der Waals surface area contributed by atoms with Gasteiger partial charge in [-0.2, -0.15) is 0 Å². The monoisotopic (exact) mass is 477 g/mol. The number of nitrogens with one attached hydrogen (secondary N) is 1. The number of aromatic nitrogens is 1. The molecule has 0 aliphatic carbocycles. The first-order valence-corrected chi connectivity index (χ1v) is 11.1. The highest BCUT2D eigenvalue weighted by atomic mass is 35.5. The van der Waals surface area contributed by atoms with E-state index in [1.807, 2.05) is 6.20 Å². The van der Waals surface area contributed by atoms with E-state index < -0.39 is 11.7 Å². The number of hydrogen-bond acceptors (Lipinski definition) is 3. The highest BCUT2D eigenvalue weighted by molar-refractivity contribution is 5.95. The highest BCUT2D eigenvalue weighted by Gasteiger charge is 2.32. The van der Waals surface area contributed by atoms with Gasteiger partial charge in [0.15, 0.2) is 11.6 Å². The first-order valence-electron chi connectivity index (χ1n) is 11.1. The van der Waals surface area contributed by atoms with Gasteiger partial charge in [0, 0.05) is 40.3 Å². The Morgan fingerprint density at radius 2 is 2.09 bits per heavy atom. The van der Waals surface area contributed by atoms with E-state index in [1.165, 1.54) is 18.2 Å². The predicted octanol–water partition coefficient (Wildman–Crippen LogP) is 5.00. The Bertz CT molecular complexity index is 1130. The standard InChI is InChI=1S/C25H29F2N3O2.ClH/c1-3-10-30(15(2)4-5-16-13-29-23-9-6-17(26)11-20(16)23)18-12-21-19(25(28)31)7-8-22(27)24(21)32-14-18;/h6-9,11,13,15,18,29H,3-5,10,12,14H2,1-2H3,(H2,28,31);1H/t15-,18+;/m0./s1. The minimum atomic E-state index is -0.577. The molecule has 2 aromatic carbocycles. The smallest absolute Gasteiger partial charge is 0.249 e. The number of aryl methyl sites for hydroxylation is 1. The Hall–Kier alpha value is -2.64. The van der Waals surface area contributed by atoms with Gasteiger partial charge in [0.25, 0.3) is 0 Å². The zero-order chi connectivity index (χ0) is 22.8. The first-order chi connectivity index (χ1) is 15.4. The maximum Gasteiger partial charge on any atom is 0.249 e. The SMILES string of the molecule is CCCN([C@H]1COc2c(F)ccc(C(N)=O)c2C1)[C@@H](C)CCc1c[nH]c2ccc(F)cc12.Cl. The van der Waals surface area contributed by atoms with Crippen LogP contribution in [0.5, 0.6) is 5.75 Å². The molecule has 0 unspecified atom stereocenters. The number of primary amides is 1. The quantitative estimate of drug-likeness (QED) is 0.479. The Balaban J connectivity index is 0.00000306. The number of benzene rings is 2. The third kappa shape index (κ3) is 5.14. The summed E-state index contributed by atoms with van der Waals surface area (Å²) in [5.41, 5.74) is 8.41. The van der Waals surface area contributed by atoms with E-state index >= 15 is 0 Å². The van der Waals surface area contributed by atoms with Gasteiger partial charge in [0.2, 0.25) is 5.91 Å². The normalized spacial score (nSPS) is 16.2. The van der Waals surface area contributed by atoms with Crippen LogP contribution in [0.4, 0.5) is 8.78 Å². The topological polar surface area (TPSA) is 71.3 Å². The summed E-state index contributed by atoms with van der Waals surface area (Å²) in [4.78, 5) is 17.5. The molecule has 0 bridgehead atoms. The number of carbonyl (C=O) groups excluding carboxylic acids is 1. The van der Waals surface area contributed by atoms with Crippen molar-refractivity contribution in [1.82, 2.24) is 9.88 Å². The number of rotatable bonds is 8. The molecule has 0 radical (unpaired) electrons. The van der Waals surface area contributed by atoms with Crippen molar-refractivity contribution >= 4 is 29.2 Å². The van der Waals surface area contributed by atoms with E-state index in [4.69, 9.17) is 10.5 Å². The molecule has 2 heterocycles. The second-order valence-corrected chi connectivity index (χ2v) is 8.57. The van der Waals surface area contributed by atoms with Crippen LogP contribution in [0.2, 0.25) is 0 Å². The van der Waals surface area contributed by atoms with Gasteiger partial charge in [-0.05, 0) is 75.0 Å². The second-order valence-electron chi connectivity index (χ2n) is 8.57. The van der Waals surface area contributed by atoms with E-state index in [0.29, 0.717) is 24.2 Å². The van der Waals surface area contributed by atoms with E-state index in [9.17, 15) is 13.6 Å². The van der Waals surface area contributed by atoms with E-state index in [2.05, 4.69) is 23.7 Å². The van der Waals surface area contributed by atoms with Crippen molar-refractivity contribution < 1.29 is 18.3 Å². The molecule has 0 spiro atoms. The van der Waals surface area contributed by atoms with Crippen LogP contribution in [0.1, 0.15) is 48.2 Å². The summed E-state index contributed by atoms with van der Waals surface area (Å²) in [7, 11) is 0. The van der Waals surface area contributed by atoms with Crippen molar-refractivity contribution in [3.63, 3.8) is 0 Å². The molecule has 1 amide bonds. The molecule has 178 valence electrons. The Kier molecular flexibility index (Phi) is 7.97. The molecular formula is C25H30ClF2N3O2. The van der Waals surface area contributed by atoms with Crippen LogP contribution in [0.3, 0.4) is 0 Å². The summed E-state index contributed by atoms with van der Waals surface area (Å²) in [5.74, 6) is -1.14. The van der Waals surface area contributed by atoms with Gasteiger partial charge < -0.3 is 15.5 Å². The Labute approximate surface area is 198 Å². The fourth-order valence-electron chi connectivity index (χ4n) is 4.78. The lowest BCUT2D eigenvalue weighted by Gasteiger charge is -2.39. The molecule has 33 heavy (non-hydrogen) atoms. The minimum Gasteiger partial charge on any atom is -0.489 e. The summed E-state index contributed by atoms with van der Waals surface area (Å²) in [6, 6.07) is 7.68. The zero-order valence-electron chi connectivity index (χ0n) is 18.9. The third-order valence-electron chi connectivity index (χ3n) is 6.42. The molecule has 3 aromatic rings. The number of carbonyl (C=O) groups is 1. The van der Waals surface area contributed by atoms with Crippen molar-refractivity contribution in [2.24, 2.45) is 5.73 Å². The van der Waals surface area contributed by atoms with Gasteiger partial charge in [-0.3, -0.25) is 9.69 Å². The number of halogens is 3. The third-order valence-corrected chi connectivity index (χ3v) is 6.42. The van der Waals surface area contributed by atoms with Gasteiger partial charge in [-0.1, -0.05) is 6.92 Å². The lowest BCUT2D eigenvalue weighted by Crippen LogP contribution is -2.48. The lowest BCUT2D eigenvalue weighted by atomic mass is 9.94. The fraction of sp³-hybridized carbons (Fsp3) is 0.400. The van der Waals surface area contributed by atoms with Gasteiger partial charge in [-0.15, -0.1) is 12.4 Å². The first kappa shape index (κ1) is 25.0. The van der Waals surface area contributed by atoms with Crippen LogP contribution in [-0.2, 0) is 12.8 Å². The van der Waals surface area contributed by atoms with Crippen LogP contribution >= 0.6 is 12.4 Å². The molecule has 4 rings (SSSR count). The molecule has 0 saturated heterocycles. The molecule has 0 saturated carbocycles. The highest BCUT2D eigenvalue weighted by Crippen LogP contribution is 2.33. The van der Waals surface area contributed by atoms with Crippen molar-refractivity contribution in [1.29, 1.82) is 0 Å². The van der Waals surface area contributed by atoms with E-state index in [-0.39, 0.29) is 36.1 Å². The molecule has 1 aromatic heterocycles. The number of nitrogens with two attached hydrogens (primary N) is 1. The second kappa shape index (κ2) is 10.5. The van der Waals surface area contributed by atoms with Crippen molar-refractivity contribution in [2.45, 2.75) is 51.6 Å². The molecule has 0 fully saturated rings. The van der Waals surface area contributed by atoms with Crippen LogP contribution in [0.25, 0.3) is 10.9 Å². The van der Waals surface area contributed by atoms with Gasteiger partial charge >= 0.3 is 0 Å². The van der Waals surface area contributed by atoms with E-state index in [1.54, 1.807) is 12.1 Å². The number of ether oxygens (including phenoxy) is 1. The van der Waals surface area contributed by atoms with Crippen molar-refractivity contribution in [3.8, 4) is 5.75 Å². The summed E-state index contributed by atoms with van der Waals surface area (Å²) in [6.07, 6.45) is 5.09. The number of nitrogens with zero attached hydrogens (tertiary/aromatic N) is 1. The lowest BCUT2D eigenvalue weighted by molar-refractivity contribution is 0.0794. The zero-order valence-corrected chi connectivity index (χ0v) is 19.7. The number of fused-ring (bicyclic) bond motifs is 2. The largest absolute Gasteiger partial charge is 0.489 e. The molecule has 8 heteroatoms. The molecule has 2 atom stereocenters. The number of amides is 1. The Morgan fingerprint density at radius 1 is 1.30 bits per heavy atom. The van der Waals surface area contributed by atoms with E-state index in [0.717, 1.165) is 42.3 Å². The summed E-state index contributed by atoms with van der Waals surface area (Å²) in [5, 5.41) is 0.913. The summed E-state index contributed by atoms with van der Waals surface area (Å²) in [6.45, 7) is 5.50. The molecular weight excluding hydrogens is 448 g/mol. The van der Waals surface area contributed by atoms with Crippen molar-refractivity contribution in [2.75, 3.05) is 13.2 Å². The van der Waals surface area contributed by atoms with Crippen LogP contribution in [0, 0.1) is 11.6 Å². The number of aromatic amines is 1.